The fourth-order valence-corrected chi connectivity index (χ4v) is 3.00. The Kier molecular flexibility index (Phi) is 2.91. The first-order chi connectivity index (χ1) is 9.03. The van der Waals surface area contributed by atoms with Crippen LogP contribution in [0.4, 0.5) is 0 Å². The standard InChI is InChI=1S/C14H19NO4/c1-9-7-14(17,8-15(9)10-3-4-10)12-6-5-11(19-12)13(16)18-2/h5-6,9-10,17H,3-4,7-8H2,1-2H3. The van der Waals surface area contributed by atoms with Crippen molar-refractivity contribution >= 4 is 5.97 Å². The first kappa shape index (κ1) is 12.7. The zero-order chi connectivity index (χ0) is 13.6. The monoisotopic (exact) mass is 265 g/mol. The fourth-order valence-electron chi connectivity index (χ4n) is 3.00. The molecule has 1 aromatic heterocycles. The molecule has 2 fully saturated rings. The third kappa shape index (κ3) is 2.17. The van der Waals surface area contributed by atoms with Gasteiger partial charge in [0.15, 0.2) is 0 Å². The zero-order valence-electron chi connectivity index (χ0n) is 11.3. The first-order valence-electron chi connectivity index (χ1n) is 6.70. The number of hydrogen-bond donors (Lipinski definition) is 1. The maximum atomic E-state index is 11.4. The molecule has 1 N–H and O–H groups in total. The first-order valence-corrected chi connectivity index (χ1v) is 6.70. The molecule has 1 aliphatic carbocycles. The van der Waals surface area contributed by atoms with Crippen LogP contribution in [-0.2, 0) is 10.3 Å². The number of likely N-dealkylation sites (tertiary alicyclic amines) is 1. The lowest BCUT2D eigenvalue weighted by molar-refractivity contribution is 0.0208. The maximum absolute atomic E-state index is 11.4. The number of aliphatic hydroxyl groups is 1. The van der Waals surface area contributed by atoms with Crippen molar-refractivity contribution in [2.24, 2.45) is 0 Å². The Morgan fingerprint density at radius 2 is 2.26 bits per heavy atom. The van der Waals surface area contributed by atoms with Crippen LogP contribution in [-0.4, -0.2) is 41.7 Å². The van der Waals surface area contributed by atoms with Crippen LogP contribution in [0.2, 0.25) is 0 Å². The van der Waals surface area contributed by atoms with Crippen LogP contribution in [0.1, 0.15) is 42.5 Å². The van der Waals surface area contributed by atoms with E-state index in [9.17, 15) is 9.90 Å². The summed E-state index contributed by atoms with van der Waals surface area (Å²) < 4.78 is 10.1. The highest BCUT2D eigenvalue weighted by atomic mass is 16.5. The van der Waals surface area contributed by atoms with Gasteiger partial charge in [0.2, 0.25) is 5.76 Å². The van der Waals surface area contributed by atoms with Crippen molar-refractivity contribution in [1.82, 2.24) is 4.90 Å². The zero-order valence-corrected chi connectivity index (χ0v) is 11.3. The number of carbonyl (C=O) groups is 1. The molecule has 2 heterocycles. The van der Waals surface area contributed by atoms with Crippen LogP contribution in [0.3, 0.4) is 0 Å². The number of furan rings is 1. The van der Waals surface area contributed by atoms with Gasteiger partial charge in [0.25, 0.3) is 0 Å². The number of carbonyl (C=O) groups excluding carboxylic acids is 1. The van der Waals surface area contributed by atoms with Crippen LogP contribution in [0.5, 0.6) is 0 Å². The van der Waals surface area contributed by atoms with Gasteiger partial charge in [-0.25, -0.2) is 4.79 Å². The van der Waals surface area contributed by atoms with Gasteiger partial charge < -0.3 is 14.3 Å². The second kappa shape index (κ2) is 4.35. The lowest BCUT2D eigenvalue weighted by Gasteiger charge is -2.21. The molecule has 1 saturated heterocycles. The lowest BCUT2D eigenvalue weighted by atomic mass is 9.98. The van der Waals surface area contributed by atoms with Crippen molar-refractivity contribution in [3.05, 3.63) is 23.7 Å². The van der Waals surface area contributed by atoms with Gasteiger partial charge in [-0.2, -0.15) is 0 Å². The van der Waals surface area contributed by atoms with Gasteiger partial charge in [-0.3, -0.25) is 4.90 Å². The van der Waals surface area contributed by atoms with Crippen molar-refractivity contribution in [3.8, 4) is 0 Å². The van der Waals surface area contributed by atoms with E-state index in [1.165, 1.54) is 20.0 Å². The van der Waals surface area contributed by atoms with E-state index in [2.05, 4.69) is 16.6 Å². The predicted molar refractivity (Wildman–Crippen MR) is 67.8 cm³/mol. The number of β-amino-alcohol motifs (C(OH)–C–C–N with tert-alkyl or cyclic N) is 1. The van der Waals surface area contributed by atoms with Gasteiger partial charge >= 0.3 is 5.97 Å². The van der Waals surface area contributed by atoms with E-state index in [-0.39, 0.29) is 5.76 Å². The number of nitrogens with zero attached hydrogens (tertiary/aromatic N) is 1. The van der Waals surface area contributed by atoms with Crippen LogP contribution >= 0.6 is 0 Å². The van der Waals surface area contributed by atoms with E-state index in [1.807, 2.05) is 0 Å². The topological polar surface area (TPSA) is 62.9 Å². The minimum absolute atomic E-state index is 0.142. The highest BCUT2D eigenvalue weighted by Gasteiger charge is 2.48. The quantitative estimate of drug-likeness (QED) is 0.839. The molecule has 2 unspecified atom stereocenters. The summed E-state index contributed by atoms with van der Waals surface area (Å²) in [6.07, 6.45) is 3.07. The lowest BCUT2D eigenvalue weighted by Crippen LogP contribution is -2.33. The molecule has 0 bridgehead atoms. The SMILES string of the molecule is COC(=O)c1ccc(C2(O)CC(C)N(C3CC3)C2)o1. The summed E-state index contributed by atoms with van der Waals surface area (Å²) in [5, 5.41) is 10.8. The van der Waals surface area contributed by atoms with Crippen LogP contribution < -0.4 is 0 Å². The molecule has 19 heavy (non-hydrogen) atoms. The number of hydrogen-bond acceptors (Lipinski definition) is 5. The summed E-state index contributed by atoms with van der Waals surface area (Å²) in [5.41, 5.74) is -0.992. The van der Waals surface area contributed by atoms with E-state index in [0.29, 0.717) is 30.8 Å². The predicted octanol–water partition coefficient (Wildman–Crippen LogP) is 1.51. The molecule has 1 aromatic rings. The summed E-state index contributed by atoms with van der Waals surface area (Å²) in [5.74, 6) is 0.0892. The van der Waals surface area contributed by atoms with E-state index >= 15 is 0 Å². The number of ether oxygens (including phenoxy) is 1. The van der Waals surface area contributed by atoms with Gasteiger partial charge in [-0.1, -0.05) is 0 Å². The third-order valence-corrected chi connectivity index (χ3v) is 4.11. The molecular formula is C14H19NO4. The molecule has 1 aliphatic heterocycles. The fraction of sp³-hybridized carbons (Fsp3) is 0.643. The van der Waals surface area contributed by atoms with Gasteiger partial charge in [0, 0.05) is 18.6 Å². The molecule has 2 atom stereocenters. The second-order valence-electron chi connectivity index (χ2n) is 5.64. The number of esters is 1. The Bertz CT molecular complexity index is 493. The van der Waals surface area contributed by atoms with E-state index in [0.717, 1.165) is 0 Å². The summed E-state index contributed by atoms with van der Waals surface area (Å²) in [6.45, 7) is 2.70. The van der Waals surface area contributed by atoms with E-state index in [4.69, 9.17) is 4.42 Å². The van der Waals surface area contributed by atoms with Gasteiger partial charge in [0.05, 0.1) is 7.11 Å². The Hall–Kier alpha value is -1.33. The minimum Gasteiger partial charge on any atom is -0.463 e. The summed E-state index contributed by atoms with van der Waals surface area (Å²) in [4.78, 5) is 13.7. The average Bonchev–Trinajstić information content (AvgIpc) is 3.00. The Morgan fingerprint density at radius 1 is 1.53 bits per heavy atom. The van der Waals surface area contributed by atoms with E-state index < -0.39 is 11.6 Å². The molecular weight excluding hydrogens is 246 g/mol. The minimum atomic E-state index is -0.992. The average molecular weight is 265 g/mol. The Morgan fingerprint density at radius 3 is 2.89 bits per heavy atom. The van der Waals surface area contributed by atoms with Gasteiger partial charge in [0.1, 0.15) is 11.4 Å². The Labute approximate surface area is 112 Å². The smallest absolute Gasteiger partial charge is 0.373 e. The molecule has 0 aromatic carbocycles. The van der Waals surface area contributed by atoms with Crippen molar-refractivity contribution < 1.29 is 19.1 Å². The summed E-state index contributed by atoms with van der Waals surface area (Å²) in [7, 11) is 1.31. The molecule has 5 nitrogen and oxygen atoms in total. The summed E-state index contributed by atoms with van der Waals surface area (Å²) >= 11 is 0. The Balaban J connectivity index is 1.81. The molecule has 1 saturated carbocycles. The number of methoxy groups -OCH3 is 1. The third-order valence-electron chi connectivity index (χ3n) is 4.11. The van der Waals surface area contributed by atoms with Crippen molar-refractivity contribution in [2.75, 3.05) is 13.7 Å². The molecule has 2 aliphatic rings. The van der Waals surface area contributed by atoms with Crippen LogP contribution in [0.15, 0.2) is 16.5 Å². The molecule has 0 amide bonds. The van der Waals surface area contributed by atoms with Gasteiger partial charge in [-0.15, -0.1) is 0 Å². The van der Waals surface area contributed by atoms with Crippen LogP contribution in [0, 0.1) is 0 Å². The highest BCUT2D eigenvalue weighted by molar-refractivity contribution is 5.86. The van der Waals surface area contributed by atoms with Crippen molar-refractivity contribution in [3.63, 3.8) is 0 Å². The second-order valence-corrected chi connectivity index (χ2v) is 5.64. The normalized spacial score (nSPS) is 31.6. The van der Waals surface area contributed by atoms with Crippen molar-refractivity contribution in [2.45, 2.75) is 43.9 Å². The largest absolute Gasteiger partial charge is 0.463 e. The van der Waals surface area contributed by atoms with E-state index in [1.54, 1.807) is 12.1 Å². The molecule has 0 radical (unpaired) electrons. The molecule has 3 rings (SSSR count). The summed E-state index contributed by atoms with van der Waals surface area (Å²) in [6, 6.07) is 4.18. The maximum Gasteiger partial charge on any atom is 0.373 e. The number of rotatable bonds is 3. The van der Waals surface area contributed by atoms with Gasteiger partial charge in [-0.05, 0) is 38.3 Å². The van der Waals surface area contributed by atoms with Crippen molar-refractivity contribution in [1.29, 1.82) is 0 Å². The molecule has 0 spiro atoms. The van der Waals surface area contributed by atoms with Crippen LogP contribution in [0.25, 0.3) is 0 Å². The highest BCUT2D eigenvalue weighted by Crippen LogP contribution is 2.42. The molecule has 5 heteroatoms. The molecule has 104 valence electrons.